The third-order valence-corrected chi connectivity index (χ3v) is 2.90. The molecule has 3 rings (SSSR count). The number of pyridine rings is 1. The summed E-state index contributed by atoms with van der Waals surface area (Å²) in [6.07, 6.45) is 1.67. The topological polar surface area (TPSA) is 22.1 Å². The van der Waals surface area contributed by atoms with Crippen LogP contribution in [0.25, 0.3) is 10.9 Å². The Morgan fingerprint density at radius 3 is 2.68 bits per heavy atom. The Bertz CT molecular complexity index is 697. The van der Waals surface area contributed by atoms with E-state index in [4.69, 9.17) is 4.74 Å². The van der Waals surface area contributed by atoms with Crippen molar-refractivity contribution in [1.29, 1.82) is 0 Å². The first-order chi connectivity index (χ1) is 9.33. The van der Waals surface area contributed by atoms with E-state index in [9.17, 15) is 4.39 Å². The molecule has 1 aromatic heterocycles. The van der Waals surface area contributed by atoms with Gasteiger partial charge in [0.2, 0.25) is 0 Å². The summed E-state index contributed by atoms with van der Waals surface area (Å²) in [6.45, 7) is 0.455. The van der Waals surface area contributed by atoms with Gasteiger partial charge in [-0.05, 0) is 29.8 Å². The smallest absolute Gasteiger partial charge is 0.130 e. The van der Waals surface area contributed by atoms with Crippen LogP contribution in [0.1, 0.15) is 5.56 Å². The molecule has 1 heterocycles. The quantitative estimate of drug-likeness (QED) is 0.705. The third kappa shape index (κ3) is 2.55. The summed E-state index contributed by atoms with van der Waals surface area (Å²) < 4.78 is 19.1. The average Bonchev–Trinajstić information content (AvgIpc) is 2.46. The van der Waals surface area contributed by atoms with E-state index in [0.717, 1.165) is 11.1 Å². The Balaban J connectivity index is 1.90. The van der Waals surface area contributed by atoms with Crippen LogP contribution in [0.15, 0.2) is 60.8 Å². The van der Waals surface area contributed by atoms with Gasteiger partial charge < -0.3 is 4.74 Å². The molecule has 2 aromatic carbocycles. The molecule has 0 aliphatic heterocycles. The summed E-state index contributed by atoms with van der Waals surface area (Å²) in [5.41, 5.74) is 1.80. The van der Waals surface area contributed by atoms with Crippen molar-refractivity contribution in [2.75, 3.05) is 0 Å². The van der Waals surface area contributed by atoms with Gasteiger partial charge in [-0.3, -0.25) is 4.98 Å². The summed E-state index contributed by atoms with van der Waals surface area (Å²) in [4.78, 5) is 4.19. The minimum atomic E-state index is -0.287. The molecule has 0 atom stereocenters. The van der Waals surface area contributed by atoms with Crippen LogP contribution < -0.4 is 4.74 Å². The molecule has 0 radical (unpaired) electrons. The van der Waals surface area contributed by atoms with E-state index < -0.39 is 0 Å². The maximum absolute atomic E-state index is 13.3. The molecule has 94 valence electrons. The normalized spacial score (nSPS) is 10.6. The summed E-state index contributed by atoms with van der Waals surface area (Å²) in [7, 11) is 0. The number of ether oxygens (including phenoxy) is 1. The van der Waals surface area contributed by atoms with Crippen LogP contribution in [-0.4, -0.2) is 4.98 Å². The van der Waals surface area contributed by atoms with Gasteiger partial charge in [0.15, 0.2) is 0 Å². The summed E-state index contributed by atoms with van der Waals surface area (Å²) in [5, 5.41) is 0.693. The Labute approximate surface area is 110 Å². The predicted molar refractivity (Wildman–Crippen MR) is 72.5 cm³/mol. The number of halogens is 1. The molecule has 0 bridgehead atoms. The molecular formula is C16H12FNO. The Morgan fingerprint density at radius 1 is 1.00 bits per heavy atom. The largest absolute Gasteiger partial charge is 0.488 e. The lowest BCUT2D eigenvalue weighted by atomic mass is 10.2. The highest BCUT2D eigenvalue weighted by atomic mass is 19.1. The number of aromatic nitrogens is 1. The second kappa shape index (κ2) is 5.06. The molecule has 2 nitrogen and oxygen atoms in total. The number of benzene rings is 2. The molecule has 0 saturated carbocycles. The first-order valence-electron chi connectivity index (χ1n) is 6.04. The molecular weight excluding hydrogens is 241 g/mol. The van der Waals surface area contributed by atoms with Crippen molar-refractivity contribution in [3.63, 3.8) is 0 Å². The summed E-state index contributed by atoms with van der Waals surface area (Å²) >= 11 is 0. The van der Waals surface area contributed by atoms with Gasteiger partial charge in [-0.1, -0.05) is 30.3 Å². The van der Waals surface area contributed by atoms with Crippen LogP contribution >= 0.6 is 0 Å². The summed E-state index contributed by atoms with van der Waals surface area (Å²) in [6, 6.07) is 16.1. The van der Waals surface area contributed by atoms with E-state index >= 15 is 0 Å². The van der Waals surface area contributed by atoms with Crippen LogP contribution in [0, 0.1) is 5.82 Å². The SMILES string of the molecule is Fc1ccc2nccc(OCc3ccccc3)c2c1. The predicted octanol–water partition coefficient (Wildman–Crippen LogP) is 3.95. The van der Waals surface area contributed by atoms with Crippen LogP contribution in [0.4, 0.5) is 4.39 Å². The van der Waals surface area contributed by atoms with Crippen molar-refractivity contribution >= 4 is 10.9 Å². The fourth-order valence-corrected chi connectivity index (χ4v) is 1.95. The number of hydrogen-bond acceptors (Lipinski definition) is 2. The van der Waals surface area contributed by atoms with E-state index in [0.29, 0.717) is 17.7 Å². The van der Waals surface area contributed by atoms with Gasteiger partial charge >= 0.3 is 0 Å². The van der Waals surface area contributed by atoms with E-state index in [-0.39, 0.29) is 5.82 Å². The van der Waals surface area contributed by atoms with Gasteiger partial charge in [0, 0.05) is 11.6 Å². The number of hydrogen-bond donors (Lipinski definition) is 0. The Kier molecular flexibility index (Phi) is 3.11. The van der Waals surface area contributed by atoms with Crippen LogP contribution in [0.3, 0.4) is 0 Å². The molecule has 0 amide bonds. The van der Waals surface area contributed by atoms with Crippen molar-refractivity contribution in [2.24, 2.45) is 0 Å². The number of rotatable bonds is 3. The molecule has 19 heavy (non-hydrogen) atoms. The molecule has 0 fully saturated rings. The number of nitrogens with zero attached hydrogens (tertiary/aromatic N) is 1. The monoisotopic (exact) mass is 253 g/mol. The zero-order valence-corrected chi connectivity index (χ0v) is 10.2. The minimum Gasteiger partial charge on any atom is -0.488 e. The maximum Gasteiger partial charge on any atom is 0.130 e. The van der Waals surface area contributed by atoms with Crippen LogP contribution in [-0.2, 0) is 6.61 Å². The first-order valence-corrected chi connectivity index (χ1v) is 6.04. The van der Waals surface area contributed by atoms with E-state index in [1.807, 2.05) is 30.3 Å². The molecule has 3 heteroatoms. The lowest BCUT2D eigenvalue weighted by Gasteiger charge is -2.09. The molecule has 0 unspecified atom stereocenters. The molecule has 0 saturated heterocycles. The van der Waals surface area contributed by atoms with E-state index in [1.165, 1.54) is 12.1 Å². The van der Waals surface area contributed by atoms with Gasteiger partial charge in [0.05, 0.1) is 5.52 Å². The highest BCUT2D eigenvalue weighted by molar-refractivity contribution is 5.84. The second-order valence-corrected chi connectivity index (χ2v) is 4.24. The second-order valence-electron chi connectivity index (χ2n) is 4.24. The third-order valence-electron chi connectivity index (χ3n) is 2.90. The van der Waals surface area contributed by atoms with Crippen molar-refractivity contribution in [2.45, 2.75) is 6.61 Å². The summed E-state index contributed by atoms with van der Waals surface area (Å²) in [5.74, 6) is 0.360. The lowest BCUT2D eigenvalue weighted by molar-refractivity contribution is 0.310. The Morgan fingerprint density at radius 2 is 1.84 bits per heavy atom. The first kappa shape index (κ1) is 11.7. The van der Waals surface area contributed by atoms with Gasteiger partial charge in [-0.15, -0.1) is 0 Å². The minimum absolute atomic E-state index is 0.287. The molecule has 0 N–H and O–H groups in total. The maximum atomic E-state index is 13.3. The van der Waals surface area contributed by atoms with Gasteiger partial charge in [0.1, 0.15) is 18.2 Å². The molecule has 3 aromatic rings. The van der Waals surface area contributed by atoms with Crippen LogP contribution in [0.2, 0.25) is 0 Å². The van der Waals surface area contributed by atoms with Crippen molar-refractivity contribution in [3.05, 3.63) is 72.2 Å². The molecule has 0 aliphatic rings. The molecule has 0 spiro atoms. The van der Waals surface area contributed by atoms with E-state index in [1.54, 1.807) is 18.3 Å². The molecule has 0 aliphatic carbocycles. The van der Waals surface area contributed by atoms with Crippen molar-refractivity contribution in [1.82, 2.24) is 4.98 Å². The zero-order valence-electron chi connectivity index (χ0n) is 10.2. The Hall–Kier alpha value is -2.42. The highest BCUT2D eigenvalue weighted by Crippen LogP contribution is 2.25. The fraction of sp³-hybridized carbons (Fsp3) is 0.0625. The van der Waals surface area contributed by atoms with Crippen LogP contribution in [0.5, 0.6) is 5.75 Å². The highest BCUT2D eigenvalue weighted by Gasteiger charge is 2.04. The van der Waals surface area contributed by atoms with Gasteiger partial charge in [-0.2, -0.15) is 0 Å². The number of fused-ring (bicyclic) bond motifs is 1. The van der Waals surface area contributed by atoms with Crippen molar-refractivity contribution in [3.8, 4) is 5.75 Å². The fourth-order valence-electron chi connectivity index (χ4n) is 1.95. The van der Waals surface area contributed by atoms with Gasteiger partial charge in [-0.25, -0.2) is 4.39 Å². The standard InChI is InChI=1S/C16H12FNO/c17-13-6-7-15-14(10-13)16(8-9-18-15)19-11-12-4-2-1-3-5-12/h1-10H,11H2. The lowest BCUT2D eigenvalue weighted by Crippen LogP contribution is -1.96. The van der Waals surface area contributed by atoms with Gasteiger partial charge in [0.25, 0.3) is 0 Å². The zero-order chi connectivity index (χ0) is 13.1. The average molecular weight is 253 g/mol. The van der Waals surface area contributed by atoms with E-state index in [2.05, 4.69) is 4.98 Å². The van der Waals surface area contributed by atoms with Crippen molar-refractivity contribution < 1.29 is 9.13 Å².